The van der Waals surface area contributed by atoms with Crippen molar-refractivity contribution in [3.05, 3.63) is 127 Å². The minimum atomic E-state index is -0.601. The second kappa shape index (κ2) is 14.1. The summed E-state index contributed by atoms with van der Waals surface area (Å²) in [6.45, 7) is 0. The van der Waals surface area contributed by atoms with Gasteiger partial charge in [0.2, 0.25) is 0 Å². The van der Waals surface area contributed by atoms with Crippen molar-refractivity contribution in [3.63, 3.8) is 0 Å². The number of hydrogen-bond donors (Lipinski definition) is 0. The molecule has 2 unspecified atom stereocenters. The molecule has 0 saturated heterocycles. The van der Waals surface area contributed by atoms with Gasteiger partial charge in [-0.3, -0.25) is 0 Å². The molecule has 2 atom stereocenters. The van der Waals surface area contributed by atoms with Crippen LogP contribution in [0.1, 0.15) is 11.1 Å². The molecule has 4 rings (SSSR count). The highest BCUT2D eigenvalue weighted by Gasteiger charge is 2.26. The van der Waals surface area contributed by atoms with E-state index in [1.54, 1.807) is 10.6 Å². The predicted molar refractivity (Wildman–Crippen MR) is 174 cm³/mol. The first-order valence-electron chi connectivity index (χ1n) is 12.0. The van der Waals surface area contributed by atoms with Crippen LogP contribution in [-0.2, 0) is 12.8 Å². The van der Waals surface area contributed by atoms with Crippen LogP contribution in [0, 0.1) is 7.14 Å². The second-order valence-corrected chi connectivity index (χ2v) is 16.8. The lowest BCUT2D eigenvalue weighted by atomic mass is 10.2. The van der Waals surface area contributed by atoms with Gasteiger partial charge in [-0.25, -0.2) is 0 Å². The van der Waals surface area contributed by atoms with Crippen LogP contribution in [0.2, 0.25) is 0 Å². The zero-order valence-corrected chi connectivity index (χ0v) is 25.7. The monoisotopic (exact) mass is 708 g/mol. The lowest BCUT2D eigenvalue weighted by molar-refractivity contribution is 1.13. The maximum absolute atomic E-state index is 2.43. The van der Waals surface area contributed by atoms with Gasteiger partial charge in [0.05, 0.1) is 35.3 Å². The van der Waals surface area contributed by atoms with Gasteiger partial charge in [0, 0.05) is 35.8 Å². The highest BCUT2D eigenvalue weighted by Crippen LogP contribution is 2.43. The average molecular weight is 708 g/mol. The van der Waals surface area contributed by atoms with Crippen molar-refractivity contribution >= 4 is 71.6 Å². The molecular formula is C30H32I2P2+2. The van der Waals surface area contributed by atoms with Crippen LogP contribution in [0.25, 0.3) is 0 Å². The fraction of sp³-hybridized carbons (Fsp3) is 0.200. The zero-order valence-electron chi connectivity index (χ0n) is 19.4. The molecule has 0 aromatic heterocycles. The Morgan fingerprint density at radius 3 is 1.24 bits per heavy atom. The van der Waals surface area contributed by atoms with Crippen LogP contribution in [0.4, 0.5) is 0 Å². The minimum Gasteiger partial charge on any atom is -0.0620 e. The average Bonchev–Trinajstić information content (AvgIpc) is 2.87. The predicted octanol–water partition coefficient (Wildman–Crippen LogP) is 7.76. The summed E-state index contributed by atoms with van der Waals surface area (Å²) in [6, 6.07) is 40.8. The molecule has 0 radical (unpaired) electrons. The van der Waals surface area contributed by atoms with Gasteiger partial charge in [0.15, 0.2) is 0 Å². The van der Waals surface area contributed by atoms with Crippen LogP contribution in [0.5, 0.6) is 0 Å². The summed E-state index contributed by atoms with van der Waals surface area (Å²) in [7, 11) is -1.20. The molecule has 4 aromatic rings. The summed E-state index contributed by atoms with van der Waals surface area (Å²) in [4.78, 5) is 0. The van der Waals surface area contributed by atoms with E-state index in [-0.39, 0.29) is 0 Å². The van der Waals surface area contributed by atoms with Crippen LogP contribution >= 0.6 is 61.0 Å². The standard InChI is InChI=1S/C30H30I2P2/c31-27-11-7-9-25(23-27)17-19-33(29-13-3-1-4-14-29)21-22-34(30-15-5-2-6-16-30)20-18-26-10-8-12-28(32)24-26/h1-16,23-24H,17-22H2/p+2. The maximum atomic E-state index is 2.43. The van der Waals surface area contributed by atoms with E-state index in [1.165, 1.54) is 55.8 Å². The molecule has 0 aliphatic rings. The minimum absolute atomic E-state index is 0.601. The molecule has 0 saturated carbocycles. The summed E-state index contributed by atoms with van der Waals surface area (Å²) in [5.74, 6) is 0. The normalized spacial score (nSPS) is 12.9. The Morgan fingerprint density at radius 2 is 0.853 bits per heavy atom. The molecule has 4 aromatic carbocycles. The van der Waals surface area contributed by atoms with E-state index in [0.29, 0.717) is 0 Å². The van der Waals surface area contributed by atoms with Crippen molar-refractivity contribution in [2.45, 2.75) is 12.8 Å². The van der Waals surface area contributed by atoms with Crippen molar-refractivity contribution < 1.29 is 0 Å². The summed E-state index contributed by atoms with van der Waals surface area (Å²) >= 11 is 4.87. The molecule has 174 valence electrons. The largest absolute Gasteiger partial charge is 0.0956 e. The Kier molecular flexibility index (Phi) is 10.9. The van der Waals surface area contributed by atoms with Gasteiger partial charge in [0.25, 0.3) is 0 Å². The van der Waals surface area contributed by atoms with Crippen LogP contribution in [0.15, 0.2) is 109 Å². The van der Waals surface area contributed by atoms with Crippen molar-refractivity contribution in [2.24, 2.45) is 0 Å². The first kappa shape index (κ1) is 26.3. The van der Waals surface area contributed by atoms with E-state index >= 15 is 0 Å². The fourth-order valence-corrected chi connectivity index (χ4v) is 12.2. The van der Waals surface area contributed by atoms with E-state index in [9.17, 15) is 0 Å². The molecular weight excluding hydrogens is 676 g/mol. The van der Waals surface area contributed by atoms with E-state index in [2.05, 4.69) is 154 Å². The number of rotatable bonds is 11. The summed E-state index contributed by atoms with van der Waals surface area (Å²) in [5, 5.41) is 3.20. The van der Waals surface area contributed by atoms with Gasteiger partial charge in [-0.05, 0) is 105 Å². The molecule has 0 nitrogen and oxygen atoms in total. The van der Waals surface area contributed by atoms with Gasteiger partial charge in [-0.2, -0.15) is 0 Å². The van der Waals surface area contributed by atoms with E-state index < -0.39 is 15.8 Å². The van der Waals surface area contributed by atoms with Crippen LogP contribution < -0.4 is 10.6 Å². The molecule has 0 aliphatic heterocycles. The molecule has 4 heteroatoms. The summed E-state index contributed by atoms with van der Waals surface area (Å²) in [5.41, 5.74) is 2.97. The number of aryl methyl sites for hydroxylation is 2. The first-order valence-corrected chi connectivity index (χ1v) is 17.9. The third-order valence-corrected chi connectivity index (χ3v) is 13.9. The number of halogens is 2. The number of hydrogen-bond acceptors (Lipinski definition) is 0. The Hall–Kier alpha value is -0.800. The van der Waals surface area contributed by atoms with Crippen molar-refractivity contribution in [3.8, 4) is 0 Å². The van der Waals surface area contributed by atoms with Crippen LogP contribution in [-0.4, -0.2) is 24.6 Å². The maximum Gasteiger partial charge on any atom is 0.0956 e. The van der Waals surface area contributed by atoms with Gasteiger partial charge in [-0.15, -0.1) is 0 Å². The Labute approximate surface area is 234 Å². The second-order valence-electron chi connectivity index (χ2n) is 8.70. The number of benzene rings is 4. The fourth-order valence-electron chi connectivity index (χ4n) is 4.45. The molecule has 0 bridgehead atoms. The summed E-state index contributed by atoms with van der Waals surface area (Å²) in [6.07, 6.45) is 7.75. The smallest absolute Gasteiger partial charge is 0.0620 e. The van der Waals surface area contributed by atoms with E-state index in [1.807, 2.05) is 0 Å². The van der Waals surface area contributed by atoms with Crippen molar-refractivity contribution in [2.75, 3.05) is 24.6 Å². The molecule has 34 heavy (non-hydrogen) atoms. The Bertz CT molecular complexity index is 1060. The summed E-state index contributed by atoms with van der Waals surface area (Å²) < 4.78 is 2.68. The van der Waals surface area contributed by atoms with Gasteiger partial charge in [-0.1, -0.05) is 60.7 Å². The SMILES string of the molecule is Ic1cccc(CC[PH+](CC[PH+](CCc2cccc(I)c2)c2ccccc2)c2ccccc2)c1. The quantitative estimate of drug-likeness (QED) is 0.111. The van der Waals surface area contributed by atoms with Crippen molar-refractivity contribution in [1.82, 2.24) is 0 Å². The van der Waals surface area contributed by atoms with Gasteiger partial charge in [0.1, 0.15) is 0 Å². The Balaban J connectivity index is 1.47. The molecule has 0 aliphatic carbocycles. The van der Waals surface area contributed by atoms with Gasteiger partial charge < -0.3 is 0 Å². The highest BCUT2D eigenvalue weighted by molar-refractivity contribution is 14.1. The van der Waals surface area contributed by atoms with E-state index in [0.717, 1.165) is 0 Å². The molecule has 0 amide bonds. The van der Waals surface area contributed by atoms with Crippen LogP contribution in [0.3, 0.4) is 0 Å². The third-order valence-electron chi connectivity index (χ3n) is 6.30. The van der Waals surface area contributed by atoms with E-state index in [4.69, 9.17) is 0 Å². The molecule has 0 fully saturated rings. The lowest BCUT2D eigenvalue weighted by Crippen LogP contribution is -2.14. The molecule has 0 heterocycles. The topological polar surface area (TPSA) is 0 Å². The van der Waals surface area contributed by atoms with Gasteiger partial charge >= 0.3 is 0 Å². The Morgan fingerprint density at radius 1 is 0.441 bits per heavy atom. The zero-order chi connectivity index (χ0) is 23.6. The first-order chi connectivity index (χ1) is 16.7. The molecule has 0 N–H and O–H groups in total. The molecule has 0 spiro atoms. The third kappa shape index (κ3) is 8.40. The van der Waals surface area contributed by atoms with Crippen molar-refractivity contribution in [1.29, 1.82) is 0 Å². The lowest BCUT2D eigenvalue weighted by Gasteiger charge is -2.14. The highest BCUT2D eigenvalue weighted by atomic mass is 127.